The van der Waals surface area contributed by atoms with Crippen molar-refractivity contribution in [3.8, 4) is 17.0 Å². The van der Waals surface area contributed by atoms with Crippen LogP contribution in [0.1, 0.15) is 56.2 Å². The summed E-state index contributed by atoms with van der Waals surface area (Å²) in [5.74, 6) is -1.00. The molecule has 1 fully saturated rings. The largest absolute Gasteiger partial charge is 0.481 e. The number of benzene rings is 1. The average Bonchev–Trinajstić information content (AvgIpc) is 3.52. The Bertz CT molecular complexity index is 1390. The molecule has 0 amide bonds. The number of rotatable bonds is 10. The van der Waals surface area contributed by atoms with Gasteiger partial charge in [0.25, 0.3) is 0 Å². The lowest BCUT2D eigenvalue weighted by Gasteiger charge is -2.20. The van der Waals surface area contributed by atoms with Gasteiger partial charge in [-0.15, -0.1) is 0 Å². The van der Waals surface area contributed by atoms with Crippen molar-refractivity contribution in [1.29, 1.82) is 0 Å². The number of halogens is 1. The maximum absolute atomic E-state index is 14.8. The molecule has 1 unspecified atom stereocenters. The number of ketones is 1. The molecule has 1 aromatic carbocycles. The van der Waals surface area contributed by atoms with Crippen molar-refractivity contribution in [3.63, 3.8) is 0 Å². The molecule has 2 aromatic heterocycles. The van der Waals surface area contributed by atoms with Crippen LogP contribution in [0.3, 0.4) is 0 Å². The molecule has 0 bridgehead atoms. The van der Waals surface area contributed by atoms with E-state index in [1.54, 1.807) is 12.1 Å². The number of pyridine rings is 1. The van der Waals surface area contributed by atoms with Crippen LogP contribution < -0.4 is 4.74 Å². The normalized spacial score (nSPS) is 15.1. The highest BCUT2D eigenvalue weighted by Crippen LogP contribution is 2.45. The Morgan fingerprint density at radius 3 is 2.61 bits per heavy atom. The van der Waals surface area contributed by atoms with Crippen LogP contribution in [0, 0.1) is 11.7 Å². The van der Waals surface area contributed by atoms with Gasteiger partial charge in [0.15, 0.2) is 5.78 Å². The first-order chi connectivity index (χ1) is 16.9. The van der Waals surface area contributed by atoms with Gasteiger partial charge in [0.2, 0.25) is 20.8 Å². The van der Waals surface area contributed by atoms with Crippen molar-refractivity contribution in [2.24, 2.45) is 5.92 Å². The average molecular weight is 516 g/mol. The van der Waals surface area contributed by atoms with E-state index in [0.29, 0.717) is 39.6 Å². The van der Waals surface area contributed by atoms with Crippen LogP contribution in [-0.2, 0) is 26.7 Å². The van der Waals surface area contributed by atoms with Crippen LogP contribution in [0.2, 0.25) is 0 Å². The SMILES string of the molecule is COc1cc(-c2cc(F)cc(C(C)C3CC3)c2CC(=O)CS(=O)(=O)c2cc(C(C)(C)O)co2)ccn1. The summed E-state index contributed by atoms with van der Waals surface area (Å²) in [6.45, 7) is 5.02. The molecule has 0 radical (unpaired) electrons. The summed E-state index contributed by atoms with van der Waals surface area (Å²) in [6, 6.07) is 7.40. The number of sulfone groups is 1. The third-order valence-corrected chi connectivity index (χ3v) is 8.17. The second-order valence-corrected chi connectivity index (χ2v) is 11.8. The van der Waals surface area contributed by atoms with Gasteiger partial charge in [0.05, 0.1) is 19.0 Å². The van der Waals surface area contributed by atoms with Gasteiger partial charge in [-0.05, 0) is 79.0 Å². The zero-order valence-corrected chi connectivity index (χ0v) is 21.6. The Labute approximate surface area is 210 Å². The lowest BCUT2D eigenvalue weighted by molar-refractivity contribution is -0.116. The van der Waals surface area contributed by atoms with Crippen molar-refractivity contribution in [1.82, 2.24) is 4.98 Å². The van der Waals surface area contributed by atoms with Crippen molar-refractivity contribution in [2.45, 2.75) is 56.6 Å². The monoisotopic (exact) mass is 515 g/mol. The molecule has 1 aliphatic rings. The molecule has 0 aliphatic heterocycles. The molecular weight excluding hydrogens is 485 g/mol. The topological polar surface area (TPSA) is 107 Å². The number of furan rings is 1. The van der Waals surface area contributed by atoms with Crippen molar-refractivity contribution in [3.05, 3.63) is 65.3 Å². The molecule has 4 rings (SSSR count). The van der Waals surface area contributed by atoms with E-state index in [2.05, 4.69) is 4.98 Å². The lowest BCUT2D eigenvalue weighted by atomic mass is 9.85. The van der Waals surface area contributed by atoms with Gasteiger partial charge in [-0.3, -0.25) is 4.79 Å². The molecule has 1 aliphatic carbocycles. The smallest absolute Gasteiger partial charge is 0.218 e. The number of methoxy groups -OCH3 is 1. The number of hydrogen-bond acceptors (Lipinski definition) is 7. The van der Waals surface area contributed by atoms with E-state index in [4.69, 9.17) is 9.15 Å². The number of carbonyl (C=O) groups excluding carboxylic acids is 1. The van der Waals surface area contributed by atoms with E-state index in [1.165, 1.54) is 51.6 Å². The third-order valence-electron chi connectivity index (χ3n) is 6.64. The second-order valence-electron chi connectivity index (χ2n) is 9.92. The Kier molecular flexibility index (Phi) is 7.07. The number of nitrogens with zero attached hydrogens (tertiary/aromatic N) is 1. The minimum absolute atomic E-state index is 0.0157. The predicted molar refractivity (Wildman–Crippen MR) is 132 cm³/mol. The number of aromatic nitrogens is 1. The maximum Gasteiger partial charge on any atom is 0.218 e. The molecule has 1 atom stereocenters. The standard InChI is InChI=1S/C27H30FNO6S/c1-16(17-5-6-17)22-11-20(28)12-23(18-7-8-29-25(9-18)34-4)24(22)13-21(30)15-36(32,33)26-10-19(14-35-26)27(2,3)31/h7-12,14,16-17,31H,5-6,13,15H2,1-4H3. The van der Waals surface area contributed by atoms with Gasteiger partial charge in [-0.2, -0.15) is 0 Å². The number of carbonyl (C=O) groups is 1. The quantitative estimate of drug-likeness (QED) is 0.413. The van der Waals surface area contributed by atoms with Crippen LogP contribution in [0.4, 0.5) is 4.39 Å². The first-order valence-electron chi connectivity index (χ1n) is 11.8. The fourth-order valence-corrected chi connectivity index (χ4v) is 5.56. The number of Topliss-reactive ketones (excluding diaryl/α,β-unsaturated/α-hetero) is 1. The Morgan fingerprint density at radius 1 is 1.28 bits per heavy atom. The highest BCUT2D eigenvalue weighted by Gasteiger charge is 2.33. The molecule has 7 nitrogen and oxygen atoms in total. The predicted octanol–water partition coefficient (Wildman–Crippen LogP) is 4.82. The van der Waals surface area contributed by atoms with Crippen LogP contribution in [0.25, 0.3) is 11.1 Å². The van der Waals surface area contributed by atoms with Crippen LogP contribution in [-0.4, -0.2) is 37.2 Å². The molecule has 0 saturated heterocycles. The highest BCUT2D eigenvalue weighted by atomic mass is 32.2. The van der Waals surface area contributed by atoms with Crippen molar-refractivity contribution < 1.29 is 31.9 Å². The number of hydrogen-bond donors (Lipinski definition) is 1. The summed E-state index contributed by atoms with van der Waals surface area (Å²) in [5, 5.41) is 9.73. The van der Waals surface area contributed by atoms with Gasteiger partial charge in [-0.1, -0.05) is 6.92 Å². The molecule has 192 valence electrons. The third kappa shape index (κ3) is 5.68. The second kappa shape index (κ2) is 9.78. The van der Waals surface area contributed by atoms with Crippen LogP contribution in [0.15, 0.2) is 52.3 Å². The summed E-state index contributed by atoms with van der Waals surface area (Å²) in [4.78, 5) is 17.3. The van der Waals surface area contributed by atoms with E-state index in [9.17, 15) is 22.7 Å². The maximum atomic E-state index is 14.8. The Morgan fingerprint density at radius 2 is 2.00 bits per heavy atom. The van der Waals surface area contributed by atoms with E-state index in [1.807, 2.05) is 6.92 Å². The minimum atomic E-state index is -4.08. The van der Waals surface area contributed by atoms with E-state index in [0.717, 1.165) is 12.8 Å². The minimum Gasteiger partial charge on any atom is -0.481 e. The lowest BCUT2D eigenvalue weighted by Crippen LogP contribution is -2.20. The fourth-order valence-electron chi connectivity index (χ4n) is 4.39. The molecule has 1 saturated carbocycles. The zero-order chi connectivity index (χ0) is 26.3. The summed E-state index contributed by atoms with van der Waals surface area (Å²) in [6.07, 6.45) is 4.57. The van der Waals surface area contributed by atoms with Crippen molar-refractivity contribution in [2.75, 3.05) is 12.9 Å². The van der Waals surface area contributed by atoms with Crippen LogP contribution >= 0.6 is 0 Å². The summed E-state index contributed by atoms with van der Waals surface area (Å²) >= 11 is 0. The van der Waals surface area contributed by atoms with Gasteiger partial charge in [0.1, 0.15) is 11.6 Å². The first-order valence-corrected chi connectivity index (χ1v) is 13.4. The highest BCUT2D eigenvalue weighted by molar-refractivity contribution is 7.92. The number of ether oxygens (including phenoxy) is 1. The molecule has 9 heteroatoms. The molecule has 3 aromatic rings. The van der Waals surface area contributed by atoms with Gasteiger partial charge < -0.3 is 14.3 Å². The van der Waals surface area contributed by atoms with Crippen molar-refractivity contribution >= 4 is 15.6 Å². The fraction of sp³-hybridized carbons (Fsp3) is 0.407. The number of aliphatic hydroxyl groups is 1. The molecule has 1 N–H and O–H groups in total. The molecule has 0 spiro atoms. The van der Waals surface area contributed by atoms with Gasteiger partial charge >= 0.3 is 0 Å². The van der Waals surface area contributed by atoms with E-state index in [-0.39, 0.29) is 17.4 Å². The van der Waals surface area contributed by atoms with E-state index >= 15 is 0 Å². The van der Waals surface area contributed by atoms with Crippen LogP contribution in [0.5, 0.6) is 5.88 Å². The summed E-state index contributed by atoms with van der Waals surface area (Å²) in [5.41, 5.74) is 1.44. The molecule has 36 heavy (non-hydrogen) atoms. The zero-order valence-electron chi connectivity index (χ0n) is 20.7. The Balaban J connectivity index is 1.70. The summed E-state index contributed by atoms with van der Waals surface area (Å²) in [7, 11) is -2.61. The Hall–Kier alpha value is -3.04. The molecular formula is C27H30FNO6S. The molecule has 2 heterocycles. The van der Waals surface area contributed by atoms with Gasteiger partial charge in [0, 0.05) is 30.3 Å². The summed E-state index contributed by atoms with van der Waals surface area (Å²) < 4.78 is 51.0. The van der Waals surface area contributed by atoms with E-state index < -0.39 is 32.8 Å². The van der Waals surface area contributed by atoms with Gasteiger partial charge in [-0.25, -0.2) is 17.8 Å². The first kappa shape index (κ1) is 26.0.